The van der Waals surface area contributed by atoms with Crippen molar-refractivity contribution in [3.63, 3.8) is 0 Å². The topological polar surface area (TPSA) is 49.3 Å². The summed E-state index contributed by atoms with van der Waals surface area (Å²) in [7, 11) is 0. The number of halogens is 1. The molecule has 0 aliphatic heterocycles. The molecule has 0 aliphatic rings. The van der Waals surface area contributed by atoms with E-state index in [0.717, 1.165) is 36.8 Å². The molecule has 3 nitrogen and oxygen atoms in total. The van der Waals surface area contributed by atoms with Crippen LogP contribution in [0.15, 0.2) is 48.5 Å². The number of carbonyl (C=O) groups excluding carboxylic acids is 1. The first-order valence-electron chi connectivity index (χ1n) is 7.86. The summed E-state index contributed by atoms with van der Waals surface area (Å²) in [5.41, 5.74) is 5.73. The number of amides is 1. The van der Waals surface area contributed by atoms with Crippen LogP contribution in [0.5, 0.6) is 0 Å². The predicted molar refractivity (Wildman–Crippen MR) is 88.0 cm³/mol. The van der Waals surface area contributed by atoms with Gasteiger partial charge in [0.15, 0.2) is 0 Å². The number of alkyl halides is 1. The zero-order valence-electron chi connectivity index (χ0n) is 13.1. The molecular weight excluding hydrogens is 293 g/mol. The Labute approximate surface area is 136 Å². The van der Waals surface area contributed by atoms with Crippen molar-refractivity contribution in [1.82, 2.24) is 5.48 Å². The lowest BCUT2D eigenvalue weighted by Gasteiger charge is -2.05. The average Bonchev–Trinajstić information content (AvgIpc) is 2.60. The molecule has 2 aromatic rings. The number of hydrogen-bond acceptors (Lipinski definition) is 2. The number of unbranched alkanes of at least 4 members (excludes halogenated alkanes) is 1. The third-order valence-electron chi connectivity index (χ3n) is 3.87. The molecule has 2 N–H and O–H groups in total. The Balaban J connectivity index is 1.72. The lowest BCUT2D eigenvalue weighted by Crippen LogP contribution is -2.20. The second-order valence-electron chi connectivity index (χ2n) is 5.69. The van der Waals surface area contributed by atoms with Gasteiger partial charge in [0, 0.05) is 0 Å². The van der Waals surface area contributed by atoms with Gasteiger partial charge < -0.3 is 0 Å². The molecule has 0 atom stereocenters. The van der Waals surface area contributed by atoms with Gasteiger partial charge in [0.25, 0.3) is 0 Å². The smallest absolute Gasteiger partial charge is 0.247 e. The van der Waals surface area contributed by atoms with E-state index >= 15 is 0 Å². The fourth-order valence-corrected chi connectivity index (χ4v) is 2.50. The Morgan fingerprint density at radius 3 is 1.70 bits per heavy atom. The fourth-order valence-electron chi connectivity index (χ4n) is 2.50. The molecule has 0 unspecified atom stereocenters. The van der Waals surface area contributed by atoms with Gasteiger partial charge in [-0.2, -0.15) is 0 Å². The van der Waals surface area contributed by atoms with Crippen molar-refractivity contribution < 1.29 is 14.4 Å². The number of benzene rings is 2. The fraction of sp³-hybridized carbons (Fsp3) is 0.316. The molecule has 0 aromatic heterocycles. The van der Waals surface area contributed by atoms with Gasteiger partial charge in [-0.05, 0) is 47.9 Å². The lowest BCUT2D eigenvalue weighted by molar-refractivity contribution is -0.128. The number of hydroxylamine groups is 1. The van der Waals surface area contributed by atoms with Crippen LogP contribution in [-0.2, 0) is 30.7 Å². The van der Waals surface area contributed by atoms with Crippen LogP contribution < -0.4 is 5.48 Å². The molecule has 4 heteroatoms. The number of hydrogen-bond donors (Lipinski definition) is 2. The Kier molecular flexibility index (Phi) is 6.76. The maximum absolute atomic E-state index is 12.4. The minimum Gasteiger partial charge on any atom is -0.289 e. The molecule has 0 heterocycles. The maximum atomic E-state index is 12.4. The highest BCUT2D eigenvalue weighted by Crippen LogP contribution is 2.12. The summed E-state index contributed by atoms with van der Waals surface area (Å²) in [6, 6.07) is 15.6. The Morgan fingerprint density at radius 1 is 0.826 bits per heavy atom. The van der Waals surface area contributed by atoms with Crippen molar-refractivity contribution in [2.45, 2.75) is 38.8 Å². The summed E-state index contributed by atoms with van der Waals surface area (Å²) in [5, 5.41) is 8.50. The first kappa shape index (κ1) is 17.2. The normalized spacial score (nSPS) is 10.5. The Bertz CT molecular complexity index is 608. The van der Waals surface area contributed by atoms with Crippen molar-refractivity contribution in [2.24, 2.45) is 0 Å². The molecule has 0 spiro atoms. The predicted octanol–water partition coefficient (Wildman–Crippen LogP) is 3.77. The molecule has 0 saturated carbocycles. The molecule has 23 heavy (non-hydrogen) atoms. The van der Waals surface area contributed by atoms with Crippen molar-refractivity contribution in [3.05, 3.63) is 70.8 Å². The van der Waals surface area contributed by atoms with Gasteiger partial charge in [-0.25, -0.2) is 9.87 Å². The summed E-state index contributed by atoms with van der Waals surface area (Å²) in [5.74, 6) is -0.406. The minimum atomic E-state index is -0.407. The average molecular weight is 315 g/mol. The van der Waals surface area contributed by atoms with Gasteiger partial charge in [0.05, 0.1) is 6.42 Å². The maximum Gasteiger partial charge on any atom is 0.247 e. The van der Waals surface area contributed by atoms with Crippen LogP contribution in [0.3, 0.4) is 0 Å². The van der Waals surface area contributed by atoms with E-state index in [-0.39, 0.29) is 6.42 Å². The standard InChI is InChI=1S/C19H22FNO2/c20-14-18-11-7-16(8-12-18)4-2-1-3-15-5-9-17(10-6-15)13-19(22)21-23/h5-12,23H,1-4,13-14H2,(H,21,22). The summed E-state index contributed by atoms with van der Waals surface area (Å²) in [6.45, 7) is -0.407. The van der Waals surface area contributed by atoms with E-state index < -0.39 is 12.6 Å². The highest BCUT2D eigenvalue weighted by Gasteiger charge is 2.02. The Morgan fingerprint density at radius 2 is 1.26 bits per heavy atom. The van der Waals surface area contributed by atoms with Gasteiger partial charge >= 0.3 is 0 Å². The second kappa shape index (κ2) is 9.06. The van der Waals surface area contributed by atoms with Crippen LogP contribution in [0.1, 0.15) is 35.1 Å². The number of carbonyl (C=O) groups is 1. The van der Waals surface area contributed by atoms with Gasteiger partial charge in [-0.1, -0.05) is 48.5 Å². The van der Waals surface area contributed by atoms with Crippen LogP contribution in [0.4, 0.5) is 4.39 Å². The molecule has 122 valence electrons. The van der Waals surface area contributed by atoms with E-state index in [1.165, 1.54) is 11.1 Å². The summed E-state index contributed by atoms with van der Waals surface area (Å²) >= 11 is 0. The first-order valence-corrected chi connectivity index (χ1v) is 7.86. The van der Waals surface area contributed by atoms with Crippen molar-refractivity contribution in [3.8, 4) is 0 Å². The van der Waals surface area contributed by atoms with Gasteiger partial charge in [-0.3, -0.25) is 10.0 Å². The van der Waals surface area contributed by atoms with E-state index in [9.17, 15) is 9.18 Å². The molecule has 0 aliphatic carbocycles. The van der Waals surface area contributed by atoms with Gasteiger partial charge in [-0.15, -0.1) is 0 Å². The first-order chi connectivity index (χ1) is 11.2. The number of aryl methyl sites for hydroxylation is 2. The molecule has 2 aromatic carbocycles. The van der Waals surface area contributed by atoms with E-state index in [1.54, 1.807) is 5.48 Å². The van der Waals surface area contributed by atoms with Crippen LogP contribution in [0.25, 0.3) is 0 Å². The summed E-state index contributed by atoms with van der Waals surface area (Å²) in [4.78, 5) is 11.1. The minimum absolute atomic E-state index is 0.186. The molecule has 0 saturated heterocycles. The van der Waals surface area contributed by atoms with Crippen LogP contribution in [0.2, 0.25) is 0 Å². The number of rotatable bonds is 8. The quantitative estimate of drug-likeness (QED) is 0.442. The van der Waals surface area contributed by atoms with Crippen LogP contribution >= 0.6 is 0 Å². The molecule has 0 bridgehead atoms. The van der Waals surface area contributed by atoms with E-state index in [0.29, 0.717) is 0 Å². The lowest BCUT2D eigenvalue weighted by atomic mass is 10.0. The monoisotopic (exact) mass is 315 g/mol. The van der Waals surface area contributed by atoms with E-state index in [2.05, 4.69) is 0 Å². The van der Waals surface area contributed by atoms with Gasteiger partial charge in [0.2, 0.25) is 5.91 Å². The highest BCUT2D eigenvalue weighted by molar-refractivity contribution is 5.77. The van der Waals surface area contributed by atoms with Crippen molar-refractivity contribution >= 4 is 5.91 Å². The largest absolute Gasteiger partial charge is 0.289 e. The molecular formula is C19H22FNO2. The molecule has 2 rings (SSSR count). The van der Waals surface area contributed by atoms with E-state index in [1.807, 2.05) is 48.5 Å². The SMILES string of the molecule is O=C(Cc1ccc(CCCCc2ccc(CF)cc2)cc1)NO. The van der Waals surface area contributed by atoms with Crippen molar-refractivity contribution in [1.29, 1.82) is 0 Å². The zero-order chi connectivity index (χ0) is 16.5. The third kappa shape index (κ3) is 5.83. The van der Waals surface area contributed by atoms with Gasteiger partial charge in [0.1, 0.15) is 6.67 Å². The highest BCUT2D eigenvalue weighted by atomic mass is 19.1. The summed E-state index contributed by atoms with van der Waals surface area (Å²) in [6.07, 6.45) is 4.35. The zero-order valence-corrected chi connectivity index (χ0v) is 13.1. The van der Waals surface area contributed by atoms with E-state index in [4.69, 9.17) is 5.21 Å². The van der Waals surface area contributed by atoms with Crippen molar-refractivity contribution in [2.75, 3.05) is 0 Å². The molecule has 1 amide bonds. The Hall–Kier alpha value is -2.20. The van der Waals surface area contributed by atoms with Crippen LogP contribution in [0, 0.1) is 0 Å². The third-order valence-corrected chi connectivity index (χ3v) is 3.87. The number of nitrogens with one attached hydrogen (secondary N) is 1. The second-order valence-corrected chi connectivity index (χ2v) is 5.69. The molecule has 0 radical (unpaired) electrons. The summed E-state index contributed by atoms with van der Waals surface area (Å²) < 4.78 is 12.4. The molecule has 0 fully saturated rings. The van der Waals surface area contributed by atoms with Crippen LogP contribution in [-0.4, -0.2) is 11.1 Å².